The molecule has 1 aromatic carbocycles. The van der Waals surface area contributed by atoms with Crippen LogP contribution in [0.3, 0.4) is 0 Å². The Balaban J connectivity index is 1.96. The van der Waals surface area contributed by atoms with Crippen molar-refractivity contribution in [2.24, 2.45) is 11.8 Å². The van der Waals surface area contributed by atoms with E-state index in [1.807, 2.05) is 0 Å². The molecule has 0 spiro atoms. The Labute approximate surface area is 110 Å². The molecule has 0 aliphatic heterocycles. The number of hydrogen-bond donors (Lipinski definition) is 2. The van der Waals surface area contributed by atoms with Crippen LogP contribution < -0.4 is 11.1 Å². The van der Waals surface area contributed by atoms with Crippen LogP contribution in [0.1, 0.15) is 30.1 Å². The van der Waals surface area contributed by atoms with Crippen molar-refractivity contribution >= 4 is 27.5 Å². The van der Waals surface area contributed by atoms with E-state index >= 15 is 0 Å². The second-order valence-corrected chi connectivity index (χ2v) is 5.62. The number of benzene rings is 1. The minimum absolute atomic E-state index is 0.0586. The zero-order valence-electron chi connectivity index (χ0n) is 9.87. The van der Waals surface area contributed by atoms with E-state index in [9.17, 15) is 4.79 Å². The smallest absolute Gasteiger partial charge is 0.252 e. The first-order valence-corrected chi connectivity index (χ1v) is 6.70. The van der Waals surface area contributed by atoms with Crippen molar-refractivity contribution in [3.63, 3.8) is 0 Å². The van der Waals surface area contributed by atoms with Crippen molar-refractivity contribution in [2.75, 3.05) is 12.3 Å². The summed E-state index contributed by atoms with van der Waals surface area (Å²) in [6.07, 6.45) is 2.61. The fourth-order valence-corrected chi connectivity index (χ4v) is 2.32. The van der Waals surface area contributed by atoms with E-state index in [1.54, 1.807) is 18.2 Å². The summed E-state index contributed by atoms with van der Waals surface area (Å²) in [5.41, 5.74) is 6.89. The average Bonchev–Trinajstić information content (AvgIpc) is 3.12. The maximum Gasteiger partial charge on any atom is 0.252 e. The summed E-state index contributed by atoms with van der Waals surface area (Å²) in [7, 11) is 0. The topological polar surface area (TPSA) is 55.1 Å². The van der Waals surface area contributed by atoms with E-state index in [1.165, 1.54) is 12.8 Å². The normalized spacial score (nSPS) is 16.6. The lowest BCUT2D eigenvalue weighted by Gasteiger charge is -2.12. The van der Waals surface area contributed by atoms with Crippen LogP contribution in [0.4, 0.5) is 5.69 Å². The van der Waals surface area contributed by atoms with Crippen LogP contribution in [0.25, 0.3) is 0 Å². The number of hydrogen-bond acceptors (Lipinski definition) is 2. The predicted molar refractivity (Wildman–Crippen MR) is 72.8 cm³/mol. The van der Waals surface area contributed by atoms with Crippen LogP contribution in [-0.2, 0) is 0 Å². The third kappa shape index (κ3) is 3.22. The van der Waals surface area contributed by atoms with Gasteiger partial charge in [0, 0.05) is 16.7 Å². The Morgan fingerprint density at radius 1 is 1.59 bits per heavy atom. The second-order valence-electron chi connectivity index (χ2n) is 4.76. The molecule has 0 bridgehead atoms. The lowest BCUT2D eigenvalue weighted by molar-refractivity contribution is 0.0946. The molecule has 2 rings (SSSR count). The lowest BCUT2D eigenvalue weighted by Crippen LogP contribution is -2.29. The molecule has 1 aliphatic carbocycles. The zero-order chi connectivity index (χ0) is 12.4. The predicted octanol–water partition coefficient (Wildman–Crippen LogP) is 2.81. The van der Waals surface area contributed by atoms with E-state index in [-0.39, 0.29) is 5.91 Å². The maximum absolute atomic E-state index is 12.0. The van der Waals surface area contributed by atoms with Crippen LogP contribution in [0, 0.1) is 11.8 Å². The zero-order valence-corrected chi connectivity index (χ0v) is 11.5. The van der Waals surface area contributed by atoms with Crippen LogP contribution >= 0.6 is 15.9 Å². The minimum Gasteiger partial charge on any atom is -0.399 e. The molecule has 4 heteroatoms. The number of nitrogen functional groups attached to an aromatic ring is 1. The first kappa shape index (κ1) is 12.4. The molecule has 17 heavy (non-hydrogen) atoms. The molecule has 3 N–H and O–H groups in total. The molecule has 1 atom stereocenters. The summed E-state index contributed by atoms with van der Waals surface area (Å²) in [6, 6.07) is 5.27. The SMILES string of the molecule is CC(CNC(=O)c1cc(N)ccc1Br)C1CC1. The number of carbonyl (C=O) groups excluding carboxylic acids is 1. The van der Waals surface area contributed by atoms with E-state index in [0.29, 0.717) is 17.2 Å². The largest absolute Gasteiger partial charge is 0.399 e. The summed E-state index contributed by atoms with van der Waals surface area (Å²) in [4.78, 5) is 12.0. The average molecular weight is 297 g/mol. The van der Waals surface area contributed by atoms with Gasteiger partial charge in [-0.15, -0.1) is 0 Å². The Kier molecular flexibility index (Phi) is 3.72. The molecule has 0 saturated heterocycles. The van der Waals surface area contributed by atoms with E-state index in [2.05, 4.69) is 28.2 Å². The highest BCUT2D eigenvalue weighted by Gasteiger charge is 2.28. The van der Waals surface area contributed by atoms with Crippen molar-refractivity contribution in [2.45, 2.75) is 19.8 Å². The Bertz CT molecular complexity index is 429. The molecule has 3 nitrogen and oxygen atoms in total. The highest BCUT2D eigenvalue weighted by atomic mass is 79.9. The Hall–Kier alpha value is -1.03. The van der Waals surface area contributed by atoms with Gasteiger partial charge in [-0.3, -0.25) is 4.79 Å². The van der Waals surface area contributed by atoms with E-state index in [4.69, 9.17) is 5.73 Å². The number of nitrogens with one attached hydrogen (secondary N) is 1. The summed E-state index contributed by atoms with van der Waals surface area (Å²) in [6.45, 7) is 2.93. The van der Waals surface area contributed by atoms with Gasteiger partial charge in [0.25, 0.3) is 5.91 Å². The second kappa shape index (κ2) is 5.08. The molecular weight excluding hydrogens is 280 g/mol. The Morgan fingerprint density at radius 3 is 2.94 bits per heavy atom. The van der Waals surface area contributed by atoms with Gasteiger partial charge in [0.2, 0.25) is 0 Å². The molecule has 0 aromatic heterocycles. The number of halogens is 1. The Morgan fingerprint density at radius 2 is 2.29 bits per heavy atom. The van der Waals surface area contributed by atoms with Crippen molar-refractivity contribution in [3.05, 3.63) is 28.2 Å². The number of anilines is 1. The summed E-state index contributed by atoms with van der Waals surface area (Å²) < 4.78 is 0.781. The molecule has 0 heterocycles. The number of amides is 1. The highest BCUT2D eigenvalue weighted by molar-refractivity contribution is 9.10. The summed E-state index contributed by atoms with van der Waals surface area (Å²) in [5.74, 6) is 1.31. The molecule has 92 valence electrons. The lowest BCUT2D eigenvalue weighted by atomic mass is 10.1. The molecule has 1 fully saturated rings. The number of rotatable bonds is 4. The number of carbonyl (C=O) groups is 1. The van der Waals surface area contributed by atoms with Gasteiger partial charge >= 0.3 is 0 Å². The van der Waals surface area contributed by atoms with Gasteiger partial charge < -0.3 is 11.1 Å². The van der Waals surface area contributed by atoms with Gasteiger partial charge in [0.15, 0.2) is 0 Å². The summed E-state index contributed by atoms with van der Waals surface area (Å²) >= 11 is 3.36. The van der Waals surface area contributed by atoms with Gasteiger partial charge in [0.1, 0.15) is 0 Å². The first-order chi connectivity index (χ1) is 8.08. The van der Waals surface area contributed by atoms with Crippen LogP contribution in [0.5, 0.6) is 0 Å². The molecule has 1 saturated carbocycles. The molecule has 1 aromatic rings. The standard InChI is InChI=1S/C13H17BrN2O/c1-8(9-2-3-9)7-16-13(17)11-6-10(15)4-5-12(11)14/h4-6,8-9H,2-3,7,15H2,1H3,(H,16,17). The quantitative estimate of drug-likeness (QED) is 0.840. The fraction of sp³-hybridized carbons (Fsp3) is 0.462. The third-order valence-corrected chi connectivity index (χ3v) is 3.94. The van der Waals surface area contributed by atoms with Gasteiger partial charge in [0.05, 0.1) is 5.56 Å². The molecule has 1 unspecified atom stereocenters. The van der Waals surface area contributed by atoms with Crippen LogP contribution in [-0.4, -0.2) is 12.5 Å². The van der Waals surface area contributed by atoms with Crippen molar-refractivity contribution in [1.29, 1.82) is 0 Å². The fourth-order valence-electron chi connectivity index (χ4n) is 1.90. The molecular formula is C13H17BrN2O. The summed E-state index contributed by atoms with van der Waals surface area (Å²) in [5, 5.41) is 2.96. The molecule has 0 radical (unpaired) electrons. The van der Waals surface area contributed by atoms with E-state index < -0.39 is 0 Å². The first-order valence-electron chi connectivity index (χ1n) is 5.91. The van der Waals surface area contributed by atoms with Crippen molar-refractivity contribution in [1.82, 2.24) is 5.32 Å². The van der Waals surface area contributed by atoms with Crippen LogP contribution in [0.2, 0.25) is 0 Å². The van der Waals surface area contributed by atoms with Gasteiger partial charge in [-0.1, -0.05) is 6.92 Å². The van der Waals surface area contributed by atoms with Gasteiger partial charge in [-0.05, 0) is 58.8 Å². The third-order valence-electron chi connectivity index (χ3n) is 3.25. The number of nitrogens with two attached hydrogens (primary N) is 1. The van der Waals surface area contributed by atoms with Crippen molar-refractivity contribution < 1.29 is 4.79 Å². The highest BCUT2D eigenvalue weighted by Crippen LogP contribution is 2.36. The van der Waals surface area contributed by atoms with E-state index in [0.717, 1.165) is 16.9 Å². The maximum atomic E-state index is 12.0. The minimum atomic E-state index is -0.0586. The molecule has 1 amide bonds. The monoisotopic (exact) mass is 296 g/mol. The van der Waals surface area contributed by atoms with Crippen molar-refractivity contribution in [3.8, 4) is 0 Å². The molecule has 1 aliphatic rings. The van der Waals surface area contributed by atoms with Gasteiger partial charge in [-0.25, -0.2) is 0 Å². The van der Waals surface area contributed by atoms with Gasteiger partial charge in [-0.2, -0.15) is 0 Å². The van der Waals surface area contributed by atoms with Crippen LogP contribution in [0.15, 0.2) is 22.7 Å².